The van der Waals surface area contributed by atoms with E-state index in [1.807, 2.05) is 31.2 Å². The Hall–Kier alpha value is -1.72. The number of halogens is 1. The normalized spacial score (nSPS) is 21.9. The summed E-state index contributed by atoms with van der Waals surface area (Å²) in [4.78, 5) is 0.216. The smallest absolute Gasteiger partial charge is 0.243 e. The average molecular weight is 376 g/mol. The molecule has 0 bridgehead atoms. The molecule has 1 heterocycles. The van der Waals surface area contributed by atoms with Crippen LogP contribution in [0.1, 0.15) is 49.9 Å². The number of hydrogen-bond acceptors (Lipinski definition) is 2. The Balaban J connectivity index is 1.95. The zero-order valence-corrected chi connectivity index (χ0v) is 16.6. The molecule has 0 radical (unpaired) electrons. The molecule has 0 aliphatic carbocycles. The fraction of sp³-hybridized carbons (Fsp3) is 0.429. The molecule has 3 nitrogen and oxygen atoms in total. The highest BCUT2D eigenvalue weighted by Gasteiger charge is 2.41. The van der Waals surface area contributed by atoms with Gasteiger partial charge >= 0.3 is 0 Å². The topological polar surface area (TPSA) is 37.4 Å². The first-order chi connectivity index (χ1) is 12.1. The van der Waals surface area contributed by atoms with Gasteiger partial charge in [-0.3, -0.25) is 0 Å². The zero-order chi connectivity index (χ0) is 19.1. The molecule has 2 aromatic carbocycles. The van der Waals surface area contributed by atoms with Crippen molar-refractivity contribution in [2.24, 2.45) is 0 Å². The third-order valence-electron chi connectivity index (χ3n) is 4.99. The first-order valence-corrected chi connectivity index (χ1v) is 10.4. The van der Waals surface area contributed by atoms with Gasteiger partial charge in [0.05, 0.1) is 10.9 Å². The lowest BCUT2D eigenvalue weighted by Gasteiger charge is -2.25. The van der Waals surface area contributed by atoms with Crippen LogP contribution in [0.4, 0.5) is 4.39 Å². The maximum Gasteiger partial charge on any atom is 0.243 e. The van der Waals surface area contributed by atoms with Gasteiger partial charge in [0.1, 0.15) is 6.17 Å². The second kappa shape index (κ2) is 6.78. The first kappa shape index (κ1) is 19.1. The van der Waals surface area contributed by atoms with Crippen LogP contribution in [0.2, 0.25) is 0 Å². The molecule has 2 atom stereocenters. The number of benzene rings is 2. The van der Waals surface area contributed by atoms with E-state index in [4.69, 9.17) is 0 Å². The summed E-state index contributed by atoms with van der Waals surface area (Å²) < 4.78 is 41.6. The molecule has 0 aromatic heterocycles. The molecule has 1 fully saturated rings. The van der Waals surface area contributed by atoms with E-state index in [2.05, 4.69) is 20.8 Å². The molecule has 1 aliphatic heterocycles. The van der Waals surface area contributed by atoms with Crippen molar-refractivity contribution in [3.8, 4) is 0 Å². The molecule has 2 unspecified atom stereocenters. The van der Waals surface area contributed by atoms with Crippen LogP contribution >= 0.6 is 0 Å². The third kappa shape index (κ3) is 3.69. The number of alkyl halides is 1. The lowest BCUT2D eigenvalue weighted by atomic mass is 9.86. The Morgan fingerprint density at radius 2 is 1.58 bits per heavy atom. The average Bonchev–Trinajstić information content (AvgIpc) is 2.97. The minimum Gasteiger partial charge on any atom is -0.246 e. The van der Waals surface area contributed by atoms with Gasteiger partial charge in [-0.15, -0.1) is 0 Å². The van der Waals surface area contributed by atoms with Gasteiger partial charge in [-0.25, -0.2) is 12.8 Å². The zero-order valence-electron chi connectivity index (χ0n) is 15.7. The molecule has 1 saturated heterocycles. The quantitative estimate of drug-likeness (QED) is 0.775. The van der Waals surface area contributed by atoms with E-state index in [-0.39, 0.29) is 23.3 Å². The highest BCUT2D eigenvalue weighted by Crippen LogP contribution is 2.38. The molecule has 2 aromatic rings. The number of sulfonamides is 1. The Morgan fingerprint density at radius 1 is 1.00 bits per heavy atom. The monoisotopic (exact) mass is 375 g/mol. The van der Waals surface area contributed by atoms with Crippen molar-refractivity contribution in [1.82, 2.24) is 4.31 Å². The Labute approximate surface area is 155 Å². The summed E-state index contributed by atoms with van der Waals surface area (Å²) in [5.74, 6) is 0. The van der Waals surface area contributed by atoms with E-state index in [0.717, 1.165) is 11.1 Å². The standard InChI is InChI=1S/C21H26FNO2S/c1-15-5-11-19(12-6-15)26(24,25)23-14-18(22)13-20(23)16-7-9-17(10-8-16)21(2,3)4/h5-12,18,20H,13-14H2,1-4H3. The number of nitrogens with zero attached hydrogens (tertiary/aromatic N) is 1. The first-order valence-electron chi connectivity index (χ1n) is 8.92. The summed E-state index contributed by atoms with van der Waals surface area (Å²) in [5.41, 5.74) is 3.02. The van der Waals surface area contributed by atoms with Gasteiger partial charge in [-0.2, -0.15) is 4.31 Å². The van der Waals surface area contributed by atoms with Crippen molar-refractivity contribution in [1.29, 1.82) is 0 Å². The maximum atomic E-state index is 14.2. The second-order valence-corrected chi connectivity index (χ2v) is 10.00. The Kier molecular flexibility index (Phi) is 4.97. The van der Waals surface area contributed by atoms with Gasteiger partial charge < -0.3 is 0 Å². The largest absolute Gasteiger partial charge is 0.246 e. The van der Waals surface area contributed by atoms with Crippen LogP contribution in [0, 0.1) is 6.92 Å². The number of rotatable bonds is 3. The lowest BCUT2D eigenvalue weighted by Crippen LogP contribution is -2.31. The van der Waals surface area contributed by atoms with Gasteiger partial charge in [-0.1, -0.05) is 62.7 Å². The summed E-state index contributed by atoms with van der Waals surface area (Å²) >= 11 is 0. The number of aryl methyl sites for hydroxylation is 1. The van der Waals surface area contributed by atoms with Gasteiger partial charge in [0.15, 0.2) is 0 Å². The molecular formula is C21H26FNO2S. The molecule has 5 heteroatoms. The van der Waals surface area contributed by atoms with Gasteiger partial charge in [0, 0.05) is 13.0 Å². The molecule has 1 aliphatic rings. The van der Waals surface area contributed by atoms with Crippen molar-refractivity contribution in [3.05, 3.63) is 65.2 Å². The highest BCUT2D eigenvalue weighted by molar-refractivity contribution is 7.89. The van der Waals surface area contributed by atoms with Crippen molar-refractivity contribution in [2.45, 2.75) is 56.6 Å². The highest BCUT2D eigenvalue weighted by atomic mass is 32.2. The fourth-order valence-electron chi connectivity index (χ4n) is 3.38. The Morgan fingerprint density at radius 3 is 2.12 bits per heavy atom. The predicted molar refractivity (Wildman–Crippen MR) is 102 cm³/mol. The molecule has 26 heavy (non-hydrogen) atoms. The van der Waals surface area contributed by atoms with Crippen LogP contribution in [0.3, 0.4) is 0 Å². The minimum atomic E-state index is -3.73. The SMILES string of the molecule is Cc1ccc(S(=O)(=O)N2CC(F)CC2c2ccc(C(C)(C)C)cc2)cc1. The molecule has 0 spiro atoms. The van der Waals surface area contributed by atoms with Crippen LogP contribution < -0.4 is 0 Å². The van der Waals surface area contributed by atoms with E-state index in [9.17, 15) is 12.8 Å². The fourth-order valence-corrected chi connectivity index (χ4v) is 5.03. The second-order valence-electron chi connectivity index (χ2n) is 8.11. The maximum absolute atomic E-state index is 14.2. The van der Waals surface area contributed by atoms with Crippen molar-refractivity contribution >= 4 is 10.0 Å². The Bertz CT molecular complexity index is 868. The van der Waals surface area contributed by atoms with Crippen LogP contribution in [0.5, 0.6) is 0 Å². The predicted octanol–water partition coefficient (Wildman–Crippen LogP) is 4.77. The lowest BCUT2D eigenvalue weighted by molar-refractivity contribution is 0.342. The van der Waals surface area contributed by atoms with E-state index in [1.165, 1.54) is 9.87 Å². The van der Waals surface area contributed by atoms with Gasteiger partial charge in [-0.05, 0) is 35.6 Å². The van der Waals surface area contributed by atoms with E-state index < -0.39 is 22.2 Å². The summed E-state index contributed by atoms with van der Waals surface area (Å²) in [5, 5.41) is 0. The van der Waals surface area contributed by atoms with Crippen LogP contribution in [-0.4, -0.2) is 25.4 Å². The van der Waals surface area contributed by atoms with Crippen LogP contribution in [0.25, 0.3) is 0 Å². The van der Waals surface area contributed by atoms with Crippen molar-refractivity contribution < 1.29 is 12.8 Å². The van der Waals surface area contributed by atoms with E-state index in [1.54, 1.807) is 24.3 Å². The summed E-state index contributed by atoms with van der Waals surface area (Å²) in [6.07, 6.45) is -0.956. The van der Waals surface area contributed by atoms with Crippen LogP contribution in [0.15, 0.2) is 53.4 Å². The third-order valence-corrected chi connectivity index (χ3v) is 6.88. The minimum absolute atomic E-state index is 0.0183. The van der Waals surface area contributed by atoms with Crippen molar-refractivity contribution in [2.75, 3.05) is 6.54 Å². The summed E-state index contributed by atoms with van der Waals surface area (Å²) in [6, 6.07) is 14.1. The molecule has 0 amide bonds. The van der Waals surface area contributed by atoms with Gasteiger partial charge in [0.2, 0.25) is 10.0 Å². The van der Waals surface area contributed by atoms with E-state index >= 15 is 0 Å². The molecule has 0 saturated carbocycles. The van der Waals surface area contributed by atoms with Crippen LogP contribution in [-0.2, 0) is 15.4 Å². The summed E-state index contributed by atoms with van der Waals surface area (Å²) in [7, 11) is -3.73. The van der Waals surface area contributed by atoms with Crippen molar-refractivity contribution in [3.63, 3.8) is 0 Å². The van der Waals surface area contributed by atoms with E-state index in [0.29, 0.717) is 0 Å². The molecule has 3 rings (SSSR count). The molecule has 140 valence electrons. The van der Waals surface area contributed by atoms with Gasteiger partial charge in [0.25, 0.3) is 0 Å². The number of hydrogen-bond donors (Lipinski definition) is 0. The molecule has 0 N–H and O–H groups in total. The molecular weight excluding hydrogens is 349 g/mol. The summed E-state index contributed by atoms with van der Waals surface area (Å²) in [6.45, 7) is 8.20.